The molecule has 134 valence electrons. The highest BCUT2D eigenvalue weighted by Crippen LogP contribution is 2.11. The van der Waals surface area contributed by atoms with Crippen LogP contribution in [-0.2, 0) is 27.8 Å². The first kappa shape index (κ1) is 19.0. The van der Waals surface area contributed by atoms with Crippen molar-refractivity contribution in [2.24, 2.45) is 0 Å². The van der Waals surface area contributed by atoms with E-state index in [9.17, 15) is 13.2 Å². The molecule has 0 aliphatic carbocycles. The SMILES string of the molecule is COc1ccc(CC(=O)NCCS(=O)(=O)NCc2ccccc2)cc1. The number of carbonyl (C=O) groups excluding carboxylic acids is 1. The Hall–Kier alpha value is -2.38. The van der Waals surface area contributed by atoms with Crippen molar-refractivity contribution in [1.82, 2.24) is 10.0 Å². The zero-order valence-corrected chi connectivity index (χ0v) is 14.9. The van der Waals surface area contributed by atoms with Gasteiger partial charge in [-0.25, -0.2) is 13.1 Å². The van der Waals surface area contributed by atoms with Crippen LogP contribution in [-0.4, -0.2) is 33.7 Å². The van der Waals surface area contributed by atoms with Crippen LogP contribution in [0.25, 0.3) is 0 Å². The van der Waals surface area contributed by atoms with Gasteiger partial charge in [-0.15, -0.1) is 0 Å². The van der Waals surface area contributed by atoms with E-state index >= 15 is 0 Å². The van der Waals surface area contributed by atoms with E-state index in [-0.39, 0.29) is 31.2 Å². The van der Waals surface area contributed by atoms with Crippen molar-refractivity contribution in [2.45, 2.75) is 13.0 Å². The fraction of sp³-hybridized carbons (Fsp3) is 0.278. The molecule has 0 fully saturated rings. The Labute approximate surface area is 148 Å². The summed E-state index contributed by atoms with van der Waals surface area (Å²) >= 11 is 0. The molecule has 7 heteroatoms. The summed E-state index contributed by atoms with van der Waals surface area (Å²) in [6.07, 6.45) is 0.196. The van der Waals surface area contributed by atoms with E-state index in [1.54, 1.807) is 31.4 Å². The Morgan fingerprint density at radius 3 is 2.32 bits per heavy atom. The Morgan fingerprint density at radius 2 is 1.68 bits per heavy atom. The predicted molar refractivity (Wildman–Crippen MR) is 96.8 cm³/mol. The minimum absolute atomic E-state index is 0.0686. The molecule has 2 aromatic rings. The number of sulfonamides is 1. The number of methoxy groups -OCH3 is 1. The molecule has 0 spiro atoms. The summed E-state index contributed by atoms with van der Waals surface area (Å²) in [5.41, 5.74) is 1.72. The zero-order valence-electron chi connectivity index (χ0n) is 14.1. The van der Waals surface area contributed by atoms with Crippen molar-refractivity contribution < 1.29 is 17.9 Å². The van der Waals surface area contributed by atoms with Gasteiger partial charge in [0.15, 0.2) is 0 Å². The lowest BCUT2D eigenvalue weighted by molar-refractivity contribution is -0.120. The molecule has 2 aromatic carbocycles. The minimum Gasteiger partial charge on any atom is -0.497 e. The lowest BCUT2D eigenvalue weighted by Gasteiger charge is -2.08. The molecule has 0 aromatic heterocycles. The number of amides is 1. The van der Waals surface area contributed by atoms with Crippen LogP contribution in [0.1, 0.15) is 11.1 Å². The van der Waals surface area contributed by atoms with Gasteiger partial charge in [0.1, 0.15) is 5.75 Å². The Bertz CT molecular complexity index is 774. The van der Waals surface area contributed by atoms with Crippen LogP contribution >= 0.6 is 0 Å². The van der Waals surface area contributed by atoms with Crippen LogP contribution in [0.5, 0.6) is 5.75 Å². The van der Waals surface area contributed by atoms with Crippen molar-refractivity contribution in [2.75, 3.05) is 19.4 Å². The maximum absolute atomic E-state index is 11.9. The van der Waals surface area contributed by atoms with E-state index in [2.05, 4.69) is 10.0 Å². The first-order chi connectivity index (χ1) is 12.0. The van der Waals surface area contributed by atoms with E-state index in [1.807, 2.05) is 30.3 Å². The lowest BCUT2D eigenvalue weighted by atomic mass is 10.1. The highest BCUT2D eigenvalue weighted by molar-refractivity contribution is 7.89. The Kier molecular flexibility index (Phi) is 6.97. The first-order valence-corrected chi connectivity index (χ1v) is 9.54. The molecule has 1 amide bonds. The third-order valence-corrected chi connectivity index (χ3v) is 4.88. The third kappa shape index (κ3) is 6.94. The van der Waals surface area contributed by atoms with Gasteiger partial charge in [0, 0.05) is 13.1 Å². The topological polar surface area (TPSA) is 84.5 Å². The highest BCUT2D eigenvalue weighted by Gasteiger charge is 2.11. The van der Waals surface area contributed by atoms with Crippen molar-refractivity contribution in [1.29, 1.82) is 0 Å². The molecular weight excluding hydrogens is 340 g/mol. The number of hydrogen-bond acceptors (Lipinski definition) is 4. The van der Waals surface area contributed by atoms with Gasteiger partial charge in [-0.05, 0) is 23.3 Å². The van der Waals surface area contributed by atoms with E-state index in [0.29, 0.717) is 0 Å². The van der Waals surface area contributed by atoms with Gasteiger partial charge in [0.2, 0.25) is 15.9 Å². The minimum atomic E-state index is -3.44. The van der Waals surface area contributed by atoms with Gasteiger partial charge >= 0.3 is 0 Å². The van der Waals surface area contributed by atoms with Crippen molar-refractivity contribution in [3.05, 3.63) is 65.7 Å². The molecular formula is C18H22N2O4S. The largest absolute Gasteiger partial charge is 0.497 e. The summed E-state index contributed by atoms with van der Waals surface area (Å²) in [7, 11) is -1.86. The molecule has 6 nitrogen and oxygen atoms in total. The summed E-state index contributed by atoms with van der Waals surface area (Å²) in [5, 5.41) is 2.62. The van der Waals surface area contributed by atoms with E-state index < -0.39 is 10.0 Å². The maximum atomic E-state index is 11.9. The van der Waals surface area contributed by atoms with Gasteiger partial charge in [0.25, 0.3) is 0 Å². The van der Waals surface area contributed by atoms with E-state index in [1.165, 1.54) is 0 Å². The van der Waals surface area contributed by atoms with Crippen LogP contribution in [0.15, 0.2) is 54.6 Å². The summed E-state index contributed by atoms with van der Waals surface area (Å²) in [5.74, 6) is 0.344. The zero-order chi connectivity index (χ0) is 18.1. The highest BCUT2D eigenvalue weighted by atomic mass is 32.2. The summed E-state index contributed by atoms with van der Waals surface area (Å²) in [6.45, 7) is 0.308. The second kappa shape index (κ2) is 9.19. The number of carbonyl (C=O) groups is 1. The van der Waals surface area contributed by atoms with Crippen LogP contribution in [0.2, 0.25) is 0 Å². The molecule has 0 unspecified atom stereocenters. The van der Waals surface area contributed by atoms with Crippen molar-refractivity contribution >= 4 is 15.9 Å². The number of nitrogens with one attached hydrogen (secondary N) is 2. The Morgan fingerprint density at radius 1 is 1.00 bits per heavy atom. The fourth-order valence-corrected chi connectivity index (χ4v) is 3.08. The van der Waals surface area contributed by atoms with Crippen LogP contribution in [0.4, 0.5) is 0 Å². The molecule has 0 atom stereocenters. The lowest BCUT2D eigenvalue weighted by Crippen LogP contribution is -2.34. The molecule has 0 saturated carbocycles. The van der Waals surface area contributed by atoms with Crippen molar-refractivity contribution in [3.8, 4) is 5.75 Å². The summed E-state index contributed by atoms with van der Waals surface area (Å²) in [4.78, 5) is 11.9. The van der Waals surface area contributed by atoms with Gasteiger partial charge in [0.05, 0.1) is 19.3 Å². The van der Waals surface area contributed by atoms with Gasteiger partial charge in [-0.3, -0.25) is 4.79 Å². The number of hydrogen-bond donors (Lipinski definition) is 2. The maximum Gasteiger partial charge on any atom is 0.224 e. The van der Waals surface area contributed by atoms with Gasteiger partial charge in [-0.1, -0.05) is 42.5 Å². The molecule has 0 radical (unpaired) electrons. The average molecular weight is 362 g/mol. The molecule has 0 saturated heterocycles. The van der Waals surface area contributed by atoms with Crippen molar-refractivity contribution in [3.63, 3.8) is 0 Å². The second-order valence-electron chi connectivity index (χ2n) is 5.50. The number of ether oxygens (including phenoxy) is 1. The van der Waals surface area contributed by atoms with Crippen LogP contribution < -0.4 is 14.8 Å². The molecule has 25 heavy (non-hydrogen) atoms. The fourth-order valence-electron chi connectivity index (χ4n) is 2.18. The first-order valence-electron chi connectivity index (χ1n) is 7.89. The molecule has 0 aliphatic heterocycles. The average Bonchev–Trinajstić information content (AvgIpc) is 2.61. The van der Waals surface area contributed by atoms with Crippen LogP contribution in [0, 0.1) is 0 Å². The second-order valence-corrected chi connectivity index (χ2v) is 7.43. The molecule has 0 heterocycles. The smallest absolute Gasteiger partial charge is 0.224 e. The summed E-state index contributed by atoms with van der Waals surface area (Å²) in [6, 6.07) is 16.4. The molecule has 2 rings (SSSR count). The predicted octanol–water partition coefficient (Wildman–Crippen LogP) is 1.47. The van der Waals surface area contributed by atoms with E-state index in [4.69, 9.17) is 4.74 Å². The number of benzene rings is 2. The molecule has 0 aliphatic rings. The normalized spacial score (nSPS) is 11.1. The third-order valence-electron chi connectivity index (χ3n) is 3.56. The van der Waals surface area contributed by atoms with Gasteiger partial charge in [-0.2, -0.15) is 0 Å². The van der Waals surface area contributed by atoms with E-state index in [0.717, 1.165) is 16.9 Å². The monoisotopic (exact) mass is 362 g/mol. The number of rotatable bonds is 9. The quantitative estimate of drug-likeness (QED) is 0.708. The summed E-state index contributed by atoms with van der Waals surface area (Å²) < 4.78 is 31.5. The van der Waals surface area contributed by atoms with Crippen LogP contribution in [0.3, 0.4) is 0 Å². The molecule has 0 bridgehead atoms. The molecule has 2 N–H and O–H groups in total. The standard InChI is InChI=1S/C18H22N2O4S/c1-24-17-9-7-15(8-10-17)13-18(21)19-11-12-25(22,23)20-14-16-5-3-2-4-6-16/h2-10,20H,11-14H2,1H3,(H,19,21). The Balaban J connectivity index is 1.72. The van der Waals surface area contributed by atoms with Gasteiger partial charge < -0.3 is 10.1 Å².